The Morgan fingerprint density at radius 3 is 2.40 bits per heavy atom. The zero-order chi connectivity index (χ0) is 24.5. The summed E-state index contributed by atoms with van der Waals surface area (Å²) in [4.78, 5) is 38.8. The second-order valence-electron chi connectivity index (χ2n) is 8.88. The molecular formula is C26H26N4O5. The predicted octanol–water partition coefficient (Wildman–Crippen LogP) is 2.92. The summed E-state index contributed by atoms with van der Waals surface area (Å²) in [6.45, 7) is 3.16. The Balaban J connectivity index is 1.26. The lowest BCUT2D eigenvalue weighted by molar-refractivity contribution is -0.143. The third-order valence-corrected chi connectivity index (χ3v) is 6.54. The van der Waals surface area contributed by atoms with E-state index in [0.717, 1.165) is 33.6 Å². The monoisotopic (exact) mass is 474 g/mol. The van der Waals surface area contributed by atoms with Crippen LogP contribution in [0.25, 0.3) is 11.1 Å². The average molecular weight is 475 g/mol. The Bertz CT molecular complexity index is 1250. The number of rotatable bonds is 6. The van der Waals surface area contributed by atoms with Crippen molar-refractivity contribution in [3.63, 3.8) is 0 Å². The van der Waals surface area contributed by atoms with E-state index in [2.05, 4.69) is 10.4 Å². The van der Waals surface area contributed by atoms with Crippen LogP contribution in [0, 0.1) is 6.92 Å². The largest absolute Gasteiger partial charge is 0.481 e. The summed E-state index contributed by atoms with van der Waals surface area (Å²) in [6.07, 6.45) is -1.35. The molecule has 5 rings (SSSR count). The Morgan fingerprint density at radius 2 is 1.74 bits per heavy atom. The predicted molar refractivity (Wildman–Crippen MR) is 127 cm³/mol. The molecule has 3 aromatic rings. The summed E-state index contributed by atoms with van der Waals surface area (Å²) in [5.74, 6) is -1.77. The van der Waals surface area contributed by atoms with Crippen molar-refractivity contribution in [3.05, 3.63) is 77.1 Å². The van der Waals surface area contributed by atoms with Crippen LogP contribution in [0.15, 0.2) is 54.6 Å². The van der Waals surface area contributed by atoms with Crippen molar-refractivity contribution in [1.82, 2.24) is 20.0 Å². The maximum Gasteiger partial charge on any atom is 0.407 e. The molecule has 9 heteroatoms. The summed E-state index contributed by atoms with van der Waals surface area (Å²) in [5, 5.41) is 16.2. The zero-order valence-corrected chi connectivity index (χ0v) is 19.3. The van der Waals surface area contributed by atoms with E-state index < -0.39 is 30.4 Å². The van der Waals surface area contributed by atoms with Gasteiger partial charge in [-0.05, 0) is 35.2 Å². The molecule has 2 aromatic carbocycles. The average Bonchev–Trinajstić information content (AvgIpc) is 3.38. The topological polar surface area (TPSA) is 114 Å². The van der Waals surface area contributed by atoms with Gasteiger partial charge in [0.05, 0.1) is 30.9 Å². The number of alkyl carbamates (subject to hydrolysis) is 1. The molecule has 2 N–H and O–H groups in total. The molecule has 1 aliphatic carbocycles. The minimum atomic E-state index is -1.22. The summed E-state index contributed by atoms with van der Waals surface area (Å²) in [5.41, 5.74) is 6.08. The van der Waals surface area contributed by atoms with Crippen LogP contribution < -0.4 is 5.32 Å². The summed E-state index contributed by atoms with van der Waals surface area (Å²) in [6, 6.07) is 16.6. The lowest BCUT2D eigenvalue weighted by Gasteiger charge is -2.30. The first-order chi connectivity index (χ1) is 16.9. The molecule has 2 aliphatic rings. The van der Waals surface area contributed by atoms with E-state index in [-0.39, 0.29) is 12.5 Å². The van der Waals surface area contributed by atoms with Crippen LogP contribution in [0.2, 0.25) is 0 Å². The second kappa shape index (κ2) is 9.25. The van der Waals surface area contributed by atoms with E-state index in [9.17, 15) is 19.5 Å². The van der Waals surface area contributed by atoms with Gasteiger partial charge in [-0.2, -0.15) is 5.10 Å². The molecule has 0 fully saturated rings. The number of hydrogen-bond acceptors (Lipinski definition) is 5. The van der Waals surface area contributed by atoms with Gasteiger partial charge in [-0.15, -0.1) is 0 Å². The molecule has 1 aromatic heterocycles. The molecule has 0 bridgehead atoms. The third-order valence-electron chi connectivity index (χ3n) is 6.54. The summed E-state index contributed by atoms with van der Waals surface area (Å²) >= 11 is 0. The highest BCUT2D eigenvalue weighted by atomic mass is 16.5. The molecular weight excluding hydrogens is 448 g/mol. The molecule has 2 heterocycles. The number of carbonyl (C=O) groups excluding carboxylic acids is 2. The highest BCUT2D eigenvalue weighted by Gasteiger charge is 2.33. The number of nitrogens with zero attached hydrogens (tertiary/aromatic N) is 3. The van der Waals surface area contributed by atoms with Crippen LogP contribution in [0.5, 0.6) is 0 Å². The van der Waals surface area contributed by atoms with Gasteiger partial charge in [-0.1, -0.05) is 48.5 Å². The van der Waals surface area contributed by atoms with Gasteiger partial charge < -0.3 is 20.1 Å². The number of carboxylic acids is 1. The first-order valence-corrected chi connectivity index (χ1v) is 11.6. The lowest BCUT2D eigenvalue weighted by Crippen LogP contribution is -2.51. The summed E-state index contributed by atoms with van der Waals surface area (Å²) < 4.78 is 7.36. The van der Waals surface area contributed by atoms with Crippen molar-refractivity contribution < 1.29 is 24.2 Å². The van der Waals surface area contributed by atoms with Crippen LogP contribution >= 0.6 is 0 Å². The first-order valence-electron chi connectivity index (χ1n) is 11.6. The highest BCUT2D eigenvalue weighted by molar-refractivity contribution is 5.89. The number of benzene rings is 2. The van der Waals surface area contributed by atoms with Gasteiger partial charge in [0.25, 0.3) is 0 Å². The molecule has 0 saturated heterocycles. The fraction of sp³-hybridized carbons (Fsp3) is 0.308. The normalized spacial score (nSPS) is 15.1. The van der Waals surface area contributed by atoms with Crippen molar-refractivity contribution in [2.75, 3.05) is 13.2 Å². The number of aliphatic carboxylic acids is 1. The SMILES string of the molecule is Cc1cc2n(n1)CCN(C(=O)C(CC(=O)O)NC(=O)OCC1c3ccccc3-c3ccccc31)C2. The minimum Gasteiger partial charge on any atom is -0.481 e. The molecule has 1 atom stereocenters. The van der Waals surface area contributed by atoms with E-state index in [4.69, 9.17) is 4.74 Å². The number of amides is 2. The van der Waals surface area contributed by atoms with Crippen LogP contribution in [-0.2, 0) is 27.4 Å². The van der Waals surface area contributed by atoms with Crippen LogP contribution in [0.3, 0.4) is 0 Å². The van der Waals surface area contributed by atoms with Crippen molar-refractivity contribution in [3.8, 4) is 11.1 Å². The second-order valence-corrected chi connectivity index (χ2v) is 8.88. The fourth-order valence-electron chi connectivity index (χ4n) is 4.98. The van der Waals surface area contributed by atoms with E-state index >= 15 is 0 Å². The van der Waals surface area contributed by atoms with Gasteiger partial charge >= 0.3 is 12.1 Å². The molecule has 0 saturated carbocycles. The molecule has 0 spiro atoms. The van der Waals surface area contributed by atoms with E-state index in [1.54, 1.807) is 4.90 Å². The van der Waals surface area contributed by atoms with Crippen molar-refractivity contribution in [2.45, 2.75) is 38.4 Å². The van der Waals surface area contributed by atoms with Gasteiger partial charge in [-0.25, -0.2) is 4.79 Å². The number of hydrogen-bond donors (Lipinski definition) is 2. The van der Waals surface area contributed by atoms with Gasteiger partial charge in [-0.3, -0.25) is 14.3 Å². The number of aromatic nitrogens is 2. The van der Waals surface area contributed by atoms with Crippen molar-refractivity contribution >= 4 is 18.0 Å². The number of nitrogens with one attached hydrogen (secondary N) is 1. The number of fused-ring (bicyclic) bond motifs is 4. The maximum absolute atomic E-state index is 13.1. The van der Waals surface area contributed by atoms with Gasteiger partial charge in [0.2, 0.25) is 5.91 Å². The number of carboxylic acid groups (broad SMARTS) is 1. The molecule has 35 heavy (non-hydrogen) atoms. The first kappa shape index (κ1) is 22.6. The standard InChI is InChI=1S/C26H26N4O5/c1-16-12-17-14-29(10-11-30(17)28-16)25(33)23(13-24(31)32)27-26(34)35-15-22-20-8-4-2-6-18(20)19-7-3-5-9-21(19)22/h2-9,12,22-23H,10-11,13-15H2,1H3,(H,27,34)(H,31,32). The van der Waals surface area contributed by atoms with Crippen LogP contribution in [0.4, 0.5) is 4.79 Å². The molecule has 9 nitrogen and oxygen atoms in total. The Hall–Kier alpha value is -4.14. The van der Waals surface area contributed by atoms with Crippen molar-refractivity contribution in [1.29, 1.82) is 0 Å². The number of aryl methyl sites for hydroxylation is 1. The molecule has 2 amide bonds. The van der Waals surface area contributed by atoms with Crippen molar-refractivity contribution in [2.24, 2.45) is 0 Å². The Labute approximate surface area is 202 Å². The Morgan fingerprint density at radius 1 is 1.09 bits per heavy atom. The number of ether oxygens (including phenoxy) is 1. The molecule has 1 unspecified atom stereocenters. The third kappa shape index (κ3) is 4.49. The van der Waals surface area contributed by atoms with Crippen LogP contribution in [-0.4, -0.2) is 57.0 Å². The van der Waals surface area contributed by atoms with E-state index in [1.807, 2.05) is 66.2 Å². The van der Waals surface area contributed by atoms with E-state index in [1.165, 1.54) is 0 Å². The number of carbonyl (C=O) groups is 3. The van der Waals surface area contributed by atoms with Gasteiger partial charge in [0.1, 0.15) is 12.6 Å². The van der Waals surface area contributed by atoms with E-state index in [0.29, 0.717) is 19.6 Å². The minimum absolute atomic E-state index is 0.0794. The fourth-order valence-corrected chi connectivity index (χ4v) is 4.98. The maximum atomic E-state index is 13.1. The van der Waals surface area contributed by atoms with Crippen LogP contribution in [0.1, 0.15) is 34.9 Å². The summed E-state index contributed by atoms with van der Waals surface area (Å²) in [7, 11) is 0. The molecule has 180 valence electrons. The smallest absolute Gasteiger partial charge is 0.407 e. The molecule has 1 aliphatic heterocycles. The quantitative estimate of drug-likeness (QED) is 0.568. The lowest BCUT2D eigenvalue weighted by atomic mass is 9.98. The zero-order valence-electron chi connectivity index (χ0n) is 19.3. The Kier molecular flexibility index (Phi) is 5.98. The van der Waals surface area contributed by atoms with Gasteiger partial charge in [0.15, 0.2) is 0 Å². The molecule has 0 radical (unpaired) electrons. The van der Waals surface area contributed by atoms with Gasteiger partial charge in [0, 0.05) is 12.5 Å². The highest BCUT2D eigenvalue weighted by Crippen LogP contribution is 2.44.